The molecule has 7 nitrogen and oxygen atoms in total. The van der Waals surface area contributed by atoms with Crippen LogP contribution < -0.4 is 4.90 Å². The Labute approximate surface area is 178 Å². The maximum Gasteiger partial charge on any atom is 0.230 e. The molecule has 5 heterocycles. The van der Waals surface area contributed by atoms with Gasteiger partial charge >= 0.3 is 0 Å². The topological polar surface area (TPSA) is 57.5 Å². The van der Waals surface area contributed by atoms with E-state index in [1.54, 1.807) is 0 Å². The second-order valence-electron chi connectivity index (χ2n) is 9.05. The SMILES string of the molecule is CC[C@]1(C(=O)N2CCN(c3ccccn3)CC2)C[C@H]2CC[C@@H]1N2Cc1nccn1C. The molecule has 1 amide bonds. The van der Waals surface area contributed by atoms with E-state index in [9.17, 15) is 4.79 Å². The second kappa shape index (κ2) is 7.69. The van der Waals surface area contributed by atoms with E-state index in [4.69, 9.17) is 0 Å². The number of hydrogen-bond acceptors (Lipinski definition) is 5. The van der Waals surface area contributed by atoms with Crippen molar-refractivity contribution in [2.24, 2.45) is 12.5 Å². The summed E-state index contributed by atoms with van der Waals surface area (Å²) in [5, 5.41) is 0. The highest BCUT2D eigenvalue weighted by molar-refractivity contribution is 5.84. The van der Waals surface area contributed by atoms with Crippen LogP contribution in [0, 0.1) is 5.41 Å². The molecule has 0 saturated carbocycles. The summed E-state index contributed by atoms with van der Waals surface area (Å²) in [4.78, 5) is 29.8. The molecular formula is C23H32N6O. The van der Waals surface area contributed by atoms with Gasteiger partial charge in [0.25, 0.3) is 0 Å². The molecule has 5 rings (SSSR count). The number of rotatable bonds is 5. The number of amides is 1. The van der Waals surface area contributed by atoms with Crippen LogP contribution in [0.25, 0.3) is 0 Å². The van der Waals surface area contributed by atoms with Crippen LogP contribution in [0.1, 0.15) is 38.4 Å². The van der Waals surface area contributed by atoms with Crippen LogP contribution in [-0.2, 0) is 18.4 Å². The fourth-order valence-corrected chi connectivity index (χ4v) is 6.01. The molecule has 2 aromatic heterocycles. The smallest absolute Gasteiger partial charge is 0.230 e. The summed E-state index contributed by atoms with van der Waals surface area (Å²) in [6.45, 7) is 6.34. The number of carbonyl (C=O) groups excluding carboxylic acids is 1. The number of nitrogens with zero attached hydrogens (tertiary/aromatic N) is 6. The van der Waals surface area contributed by atoms with Crippen molar-refractivity contribution >= 4 is 11.7 Å². The Morgan fingerprint density at radius 3 is 2.63 bits per heavy atom. The van der Waals surface area contributed by atoms with Gasteiger partial charge in [-0.15, -0.1) is 0 Å². The molecule has 0 N–H and O–H groups in total. The van der Waals surface area contributed by atoms with Gasteiger partial charge in [0, 0.05) is 63.9 Å². The van der Waals surface area contributed by atoms with Crippen molar-refractivity contribution in [3.63, 3.8) is 0 Å². The predicted molar refractivity (Wildman–Crippen MR) is 116 cm³/mol. The van der Waals surface area contributed by atoms with Gasteiger partial charge in [0.2, 0.25) is 5.91 Å². The predicted octanol–water partition coefficient (Wildman–Crippen LogP) is 2.30. The number of imidazole rings is 1. The van der Waals surface area contributed by atoms with E-state index in [1.165, 1.54) is 6.42 Å². The van der Waals surface area contributed by atoms with Crippen LogP contribution in [0.15, 0.2) is 36.8 Å². The summed E-state index contributed by atoms with van der Waals surface area (Å²) >= 11 is 0. The molecule has 3 aliphatic heterocycles. The van der Waals surface area contributed by atoms with Gasteiger partial charge in [-0.2, -0.15) is 0 Å². The van der Waals surface area contributed by atoms with Crippen LogP contribution in [0.4, 0.5) is 5.82 Å². The Morgan fingerprint density at radius 1 is 1.13 bits per heavy atom. The number of aryl methyl sites for hydroxylation is 1. The fourth-order valence-electron chi connectivity index (χ4n) is 6.01. The van der Waals surface area contributed by atoms with Crippen molar-refractivity contribution in [3.05, 3.63) is 42.6 Å². The third-order valence-electron chi connectivity index (χ3n) is 7.72. The van der Waals surface area contributed by atoms with Crippen LogP contribution in [0.2, 0.25) is 0 Å². The molecule has 7 heteroatoms. The van der Waals surface area contributed by atoms with Crippen LogP contribution in [0.5, 0.6) is 0 Å². The van der Waals surface area contributed by atoms with Gasteiger partial charge in [0.15, 0.2) is 0 Å². The molecule has 0 spiro atoms. The Kier molecular flexibility index (Phi) is 5.01. The number of carbonyl (C=O) groups is 1. The zero-order valence-electron chi connectivity index (χ0n) is 18.1. The highest BCUT2D eigenvalue weighted by Gasteiger charge is 2.59. The summed E-state index contributed by atoms with van der Waals surface area (Å²) in [7, 11) is 2.06. The van der Waals surface area contributed by atoms with Crippen molar-refractivity contribution in [2.75, 3.05) is 31.1 Å². The number of hydrogen-bond donors (Lipinski definition) is 0. The van der Waals surface area contributed by atoms with E-state index in [0.717, 1.165) is 63.6 Å². The lowest BCUT2D eigenvalue weighted by Crippen LogP contribution is -2.56. The summed E-state index contributed by atoms with van der Waals surface area (Å²) in [5.41, 5.74) is -0.235. The molecule has 0 aliphatic carbocycles. The average molecular weight is 409 g/mol. The molecule has 3 fully saturated rings. The minimum Gasteiger partial charge on any atom is -0.353 e. The van der Waals surface area contributed by atoms with Crippen molar-refractivity contribution in [1.82, 2.24) is 24.3 Å². The number of piperazine rings is 1. The Balaban J connectivity index is 1.29. The molecule has 0 radical (unpaired) electrons. The summed E-state index contributed by atoms with van der Waals surface area (Å²) < 4.78 is 2.10. The minimum absolute atomic E-state index is 0.235. The third kappa shape index (κ3) is 3.11. The molecule has 0 unspecified atom stereocenters. The van der Waals surface area contributed by atoms with Crippen LogP contribution in [0.3, 0.4) is 0 Å². The van der Waals surface area contributed by atoms with Gasteiger partial charge < -0.3 is 14.4 Å². The minimum atomic E-state index is -0.235. The quantitative estimate of drug-likeness (QED) is 0.760. The number of fused-ring (bicyclic) bond motifs is 2. The zero-order valence-corrected chi connectivity index (χ0v) is 18.1. The summed E-state index contributed by atoms with van der Waals surface area (Å²) in [6, 6.07) is 6.87. The van der Waals surface area contributed by atoms with Gasteiger partial charge in [-0.25, -0.2) is 9.97 Å². The first-order valence-corrected chi connectivity index (χ1v) is 11.3. The number of anilines is 1. The van der Waals surface area contributed by atoms with Gasteiger partial charge in [0.05, 0.1) is 12.0 Å². The average Bonchev–Trinajstić information content (AvgIpc) is 3.48. The maximum absolute atomic E-state index is 13.8. The molecule has 160 valence electrons. The van der Waals surface area contributed by atoms with Crippen LogP contribution >= 0.6 is 0 Å². The molecule has 3 saturated heterocycles. The monoisotopic (exact) mass is 408 g/mol. The summed E-state index contributed by atoms with van der Waals surface area (Å²) in [6.07, 6.45) is 9.96. The second-order valence-corrected chi connectivity index (χ2v) is 9.05. The first kappa shape index (κ1) is 19.5. The Hall–Kier alpha value is -2.41. The lowest BCUT2D eigenvalue weighted by Gasteiger charge is -2.43. The molecular weight excluding hydrogens is 376 g/mol. The van der Waals surface area contributed by atoms with E-state index >= 15 is 0 Å². The van der Waals surface area contributed by atoms with Gasteiger partial charge in [0.1, 0.15) is 11.6 Å². The number of aromatic nitrogens is 3. The first-order chi connectivity index (χ1) is 14.6. The van der Waals surface area contributed by atoms with Gasteiger partial charge in [-0.1, -0.05) is 13.0 Å². The molecule has 2 bridgehead atoms. The van der Waals surface area contributed by atoms with Crippen molar-refractivity contribution in [3.8, 4) is 0 Å². The van der Waals surface area contributed by atoms with Gasteiger partial charge in [-0.05, 0) is 37.8 Å². The van der Waals surface area contributed by atoms with Crippen molar-refractivity contribution in [2.45, 2.75) is 51.2 Å². The highest BCUT2D eigenvalue weighted by atomic mass is 16.2. The molecule has 2 aromatic rings. The van der Waals surface area contributed by atoms with Gasteiger partial charge in [-0.3, -0.25) is 9.69 Å². The highest BCUT2D eigenvalue weighted by Crippen LogP contribution is 2.53. The molecule has 0 aromatic carbocycles. The lowest BCUT2D eigenvalue weighted by atomic mass is 9.70. The molecule has 3 atom stereocenters. The van der Waals surface area contributed by atoms with Crippen molar-refractivity contribution in [1.29, 1.82) is 0 Å². The maximum atomic E-state index is 13.8. The fraction of sp³-hybridized carbons (Fsp3) is 0.609. The zero-order chi connectivity index (χ0) is 20.7. The normalized spacial score (nSPS) is 29.0. The summed E-state index contributed by atoms with van der Waals surface area (Å²) in [5.74, 6) is 2.48. The largest absolute Gasteiger partial charge is 0.353 e. The van der Waals surface area contributed by atoms with E-state index in [2.05, 4.69) is 49.3 Å². The molecule has 3 aliphatic rings. The van der Waals surface area contributed by atoms with E-state index in [0.29, 0.717) is 18.0 Å². The standard InChI is InChI=1S/C23H32N6O/c1-3-23(16-18-7-8-19(23)29(18)17-21-25-10-11-26(21)2)22(30)28-14-12-27(13-15-28)20-6-4-5-9-24-20/h4-6,9-11,18-19H,3,7-8,12-17H2,1-2H3/t18-,19+,23+/m1/s1. The van der Waals surface area contributed by atoms with Crippen molar-refractivity contribution < 1.29 is 4.79 Å². The van der Waals surface area contributed by atoms with E-state index < -0.39 is 0 Å². The van der Waals surface area contributed by atoms with Crippen LogP contribution in [-0.4, -0.2) is 68.5 Å². The van der Waals surface area contributed by atoms with E-state index in [-0.39, 0.29) is 5.41 Å². The third-order valence-corrected chi connectivity index (χ3v) is 7.72. The number of pyridine rings is 1. The lowest BCUT2D eigenvalue weighted by molar-refractivity contribution is -0.144. The Bertz CT molecular complexity index is 890. The Morgan fingerprint density at radius 2 is 1.97 bits per heavy atom. The van der Waals surface area contributed by atoms with E-state index in [1.807, 2.05) is 30.7 Å². The first-order valence-electron chi connectivity index (χ1n) is 11.3. The molecule has 30 heavy (non-hydrogen) atoms.